The third-order valence-corrected chi connectivity index (χ3v) is 4.52. The Labute approximate surface area is 181 Å². The molecule has 1 aliphatic heterocycles. The largest absolute Gasteiger partial charge is 0.482 e. The van der Waals surface area contributed by atoms with E-state index < -0.39 is 11.7 Å². The van der Waals surface area contributed by atoms with Crippen molar-refractivity contribution in [2.24, 2.45) is 0 Å². The van der Waals surface area contributed by atoms with Crippen LogP contribution in [0.4, 0.5) is 21.9 Å². The number of fused-ring (bicyclic) bond motifs is 1. The molecule has 31 heavy (non-hydrogen) atoms. The molecule has 1 aliphatic rings. The Morgan fingerprint density at radius 2 is 1.84 bits per heavy atom. The van der Waals surface area contributed by atoms with Gasteiger partial charge in [-0.3, -0.25) is 19.8 Å². The zero-order chi connectivity index (χ0) is 22.8. The predicted octanol–water partition coefficient (Wildman–Crippen LogP) is 4.01. The van der Waals surface area contributed by atoms with E-state index in [-0.39, 0.29) is 25.0 Å². The molecule has 0 bridgehead atoms. The van der Waals surface area contributed by atoms with Crippen LogP contribution in [0.1, 0.15) is 31.9 Å². The van der Waals surface area contributed by atoms with Gasteiger partial charge in [0.05, 0.1) is 5.69 Å². The Kier molecular flexibility index (Phi) is 6.19. The fourth-order valence-electron chi connectivity index (χ4n) is 3.08. The topological polar surface area (TPSA) is 97.0 Å². The van der Waals surface area contributed by atoms with Crippen molar-refractivity contribution in [3.05, 3.63) is 47.5 Å². The van der Waals surface area contributed by atoms with Crippen molar-refractivity contribution < 1.29 is 23.9 Å². The third kappa shape index (κ3) is 5.75. The maximum Gasteiger partial charge on any atom is 0.412 e. The van der Waals surface area contributed by atoms with E-state index >= 15 is 0 Å². The molecule has 3 amide bonds. The summed E-state index contributed by atoms with van der Waals surface area (Å²) in [6.45, 7) is 8.79. The summed E-state index contributed by atoms with van der Waals surface area (Å²) in [6.07, 6.45) is -0.616. The molecule has 3 rings (SSSR count). The predicted molar refractivity (Wildman–Crippen MR) is 119 cm³/mol. The van der Waals surface area contributed by atoms with Gasteiger partial charge in [-0.05, 0) is 70.0 Å². The van der Waals surface area contributed by atoms with Gasteiger partial charge in [-0.1, -0.05) is 12.1 Å². The SMILES string of the molecule is Cc1ccc(C)c(NC(=O)CN2C(=O)COc3ccc(NC(=O)OC(C)(C)C)cc32)c1. The molecule has 8 heteroatoms. The fourth-order valence-corrected chi connectivity index (χ4v) is 3.08. The number of rotatable bonds is 4. The van der Waals surface area contributed by atoms with Crippen LogP contribution < -0.4 is 20.3 Å². The van der Waals surface area contributed by atoms with Gasteiger partial charge < -0.3 is 14.8 Å². The molecular formula is C23H27N3O5. The van der Waals surface area contributed by atoms with Crippen LogP contribution in [-0.2, 0) is 14.3 Å². The summed E-state index contributed by atoms with van der Waals surface area (Å²) in [4.78, 5) is 38.6. The van der Waals surface area contributed by atoms with Gasteiger partial charge in [0.15, 0.2) is 6.61 Å². The van der Waals surface area contributed by atoms with Gasteiger partial charge >= 0.3 is 6.09 Å². The summed E-state index contributed by atoms with van der Waals surface area (Å²) in [5.41, 5.74) is 2.83. The second-order valence-corrected chi connectivity index (χ2v) is 8.44. The summed E-state index contributed by atoms with van der Waals surface area (Å²) in [7, 11) is 0. The minimum atomic E-state index is -0.643. The van der Waals surface area contributed by atoms with Gasteiger partial charge in [0, 0.05) is 11.4 Å². The molecule has 0 fully saturated rings. The van der Waals surface area contributed by atoms with E-state index in [0.29, 0.717) is 22.8 Å². The number of hydrogen-bond donors (Lipinski definition) is 2. The van der Waals surface area contributed by atoms with Crippen LogP contribution in [0.2, 0.25) is 0 Å². The number of ether oxygens (including phenoxy) is 2. The molecule has 2 aromatic carbocycles. The molecule has 2 N–H and O–H groups in total. The van der Waals surface area contributed by atoms with Gasteiger partial charge in [0.2, 0.25) is 5.91 Å². The maximum atomic E-state index is 12.7. The van der Waals surface area contributed by atoms with Crippen LogP contribution in [0.25, 0.3) is 0 Å². The normalized spacial score (nSPS) is 13.2. The molecule has 0 radical (unpaired) electrons. The molecular weight excluding hydrogens is 398 g/mol. The zero-order valence-corrected chi connectivity index (χ0v) is 18.4. The monoisotopic (exact) mass is 425 g/mol. The maximum absolute atomic E-state index is 12.7. The van der Waals surface area contributed by atoms with E-state index in [1.54, 1.807) is 39.0 Å². The highest BCUT2D eigenvalue weighted by atomic mass is 16.6. The van der Waals surface area contributed by atoms with Gasteiger partial charge in [-0.2, -0.15) is 0 Å². The molecule has 8 nitrogen and oxygen atoms in total. The number of nitrogens with one attached hydrogen (secondary N) is 2. The highest BCUT2D eigenvalue weighted by Gasteiger charge is 2.28. The molecule has 0 saturated heterocycles. The molecule has 164 valence electrons. The molecule has 0 spiro atoms. The second kappa shape index (κ2) is 8.67. The number of amides is 3. The van der Waals surface area contributed by atoms with E-state index in [0.717, 1.165) is 11.1 Å². The van der Waals surface area contributed by atoms with Crippen LogP contribution in [0, 0.1) is 13.8 Å². The van der Waals surface area contributed by atoms with E-state index in [4.69, 9.17) is 9.47 Å². The second-order valence-electron chi connectivity index (χ2n) is 8.44. The highest BCUT2D eigenvalue weighted by Crippen LogP contribution is 2.34. The first-order valence-corrected chi connectivity index (χ1v) is 9.96. The van der Waals surface area contributed by atoms with Gasteiger partial charge in [0.1, 0.15) is 17.9 Å². The number of benzene rings is 2. The summed E-state index contributed by atoms with van der Waals surface area (Å²) in [5.74, 6) is -0.229. The van der Waals surface area contributed by atoms with Crippen LogP contribution >= 0.6 is 0 Å². The standard InChI is InChI=1S/C23H27N3O5/c1-14-6-7-15(2)17(10-14)25-20(27)12-26-18-11-16(24-22(29)31-23(3,4)5)8-9-19(18)30-13-21(26)28/h6-11H,12-13H2,1-5H3,(H,24,29)(H,25,27). The first-order chi connectivity index (χ1) is 14.5. The van der Waals surface area contributed by atoms with Crippen LogP contribution in [0.5, 0.6) is 5.75 Å². The van der Waals surface area contributed by atoms with Crippen molar-refractivity contribution in [1.82, 2.24) is 0 Å². The molecule has 0 aliphatic carbocycles. The van der Waals surface area contributed by atoms with Crippen LogP contribution in [-0.4, -0.2) is 36.7 Å². The smallest absolute Gasteiger partial charge is 0.412 e. The zero-order valence-electron chi connectivity index (χ0n) is 18.4. The molecule has 1 heterocycles. The number of hydrogen-bond acceptors (Lipinski definition) is 5. The third-order valence-electron chi connectivity index (χ3n) is 4.52. The van der Waals surface area contributed by atoms with Crippen molar-refractivity contribution in [3.63, 3.8) is 0 Å². The van der Waals surface area contributed by atoms with E-state index in [2.05, 4.69) is 10.6 Å². The van der Waals surface area contributed by atoms with Gasteiger partial charge in [0.25, 0.3) is 5.91 Å². The van der Waals surface area contributed by atoms with Crippen molar-refractivity contribution in [1.29, 1.82) is 0 Å². The Balaban J connectivity index is 1.78. The number of carbonyl (C=O) groups is 3. The lowest BCUT2D eigenvalue weighted by molar-refractivity contribution is -0.123. The number of aryl methyl sites for hydroxylation is 2. The van der Waals surface area contributed by atoms with E-state index in [1.165, 1.54) is 4.90 Å². The molecule has 0 unspecified atom stereocenters. The average Bonchev–Trinajstić information content (AvgIpc) is 2.65. The van der Waals surface area contributed by atoms with Gasteiger partial charge in [-0.25, -0.2) is 4.79 Å². The molecule has 0 saturated carbocycles. The number of nitrogens with zero attached hydrogens (tertiary/aromatic N) is 1. The molecule has 0 aromatic heterocycles. The Hall–Kier alpha value is -3.55. The van der Waals surface area contributed by atoms with E-state index in [9.17, 15) is 14.4 Å². The lowest BCUT2D eigenvalue weighted by Gasteiger charge is -2.29. The van der Waals surface area contributed by atoms with Gasteiger partial charge in [-0.15, -0.1) is 0 Å². The van der Waals surface area contributed by atoms with Crippen molar-refractivity contribution in [2.75, 3.05) is 28.7 Å². The van der Waals surface area contributed by atoms with Crippen molar-refractivity contribution >= 4 is 35.0 Å². The molecule has 2 aromatic rings. The van der Waals surface area contributed by atoms with Crippen LogP contribution in [0.15, 0.2) is 36.4 Å². The van der Waals surface area contributed by atoms with E-state index in [1.807, 2.05) is 32.0 Å². The lowest BCUT2D eigenvalue weighted by Crippen LogP contribution is -2.43. The summed E-state index contributed by atoms with van der Waals surface area (Å²) in [5, 5.41) is 5.49. The average molecular weight is 425 g/mol. The first-order valence-electron chi connectivity index (χ1n) is 9.96. The summed E-state index contributed by atoms with van der Waals surface area (Å²) in [6, 6.07) is 10.6. The lowest BCUT2D eigenvalue weighted by atomic mass is 10.1. The Bertz CT molecular complexity index is 1030. The van der Waals surface area contributed by atoms with Crippen LogP contribution in [0.3, 0.4) is 0 Å². The number of anilines is 3. The fraction of sp³-hybridized carbons (Fsp3) is 0.348. The minimum Gasteiger partial charge on any atom is -0.482 e. The highest BCUT2D eigenvalue weighted by molar-refractivity contribution is 6.05. The quantitative estimate of drug-likeness (QED) is 0.771. The van der Waals surface area contributed by atoms with Crippen molar-refractivity contribution in [2.45, 2.75) is 40.2 Å². The Morgan fingerprint density at radius 3 is 2.55 bits per heavy atom. The molecule has 0 atom stereocenters. The Morgan fingerprint density at radius 1 is 1.10 bits per heavy atom. The summed E-state index contributed by atoms with van der Waals surface area (Å²) >= 11 is 0. The first kappa shape index (κ1) is 22.1. The minimum absolute atomic E-state index is 0.164. The summed E-state index contributed by atoms with van der Waals surface area (Å²) < 4.78 is 10.7. The van der Waals surface area contributed by atoms with Crippen molar-refractivity contribution in [3.8, 4) is 5.75 Å². The number of carbonyl (C=O) groups excluding carboxylic acids is 3.